The van der Waals surface area contributed by atoms with Crippen molar-refractivity contribution < 1.29 is 9.84 Å². The molecule has 4 nitrogen and oxygen atoms in total. The monoisotopic (exact) mass is 278 g/mol. The van der Waals surface area contributed by atoms with Gasteiger partial charge in [0.15, 0.2) is 0 Å². The van der Waals surface area contributed by atoms with Gasteiger partial charge in [-0.15, -0.1) is 0 Å². The highest BCUT2D eigenvalue weighted by Crippen LogP contribution is 2.15. The van der Waals surface area contributed by atoms with Gasteiger partial charge in [0.25, 0.3) is 0 Å². The van der Waals surface area contributed by atoms with Crippen LogP contribution in [0.3, 0.4) is 0 Å². The van der Waals surface area contributed by atoms with Crippen molar-refractivity contribution in [3.8, 4) is 5.75 Å². The normalized spacial score (nSPS) is 18.9. The van der Waals surface area contributed by atoms with Crippen LogP contribution >= 0.6 is 0 Å². The van der Waals surface area contributed by atoms with Crippen molar-refractivity contribution in [2.75, 3.05) is 46.4 Å². The lowest BCUT2D eigenvalue weighted by Gasteiger charge is -2.38. The Morgan fingerprint density at radius 2 is 1.80 bits per heavy atom. The van der Waals surface area contributed by atoms with E-state index in [1.54, 1.807) is 7.11 Å². The number of hydrogen-bond acceptors (Lipinski definition) is 4. The first-order valence-electron chi connectivity index (χ1n) is 7.43. The fraction of sp³-hybridized carbons (Fsp3) is 0.625. The van der Waals surface area contributed by atoms with Crippen molar-refractivity contribution in [2.24, 2.45) is 0 Å². The van der Waals surface area contributed by atoms with Gasteiger partial charge >= 0.3 is 0 Å². The van der Waals surface area contributed by atoms with Crippen molar-refractivity contribution in [1.82, 2.24) is 9.80 Å². The zero-order chi connectivity index (χ0) is 14.4. The van der Waals surface area contributed by atoms with Gasteiger partial charge in [-0.25, -0.2) is 0 Å². The lowest BCUT2D eigenvalue weighted by molar-refractivity contribution is 0.0888. The molecule has 1 saturated heterocycles. The van der Waals surface area contributed by atoms with Gasteiger partial charge < -0.3 is 9.84 Å². The first kappa shape index (κ1) is 15.3. The molecule has 1 aromatic rings. The fourth-order valence-electron chi connectivity index (χ4n) is 2.80. The number of methoxy groups -OCH3 is 1. The number of nitrogens with zero attached hydrogens (tertiary/aromatic N) is 2. The van der Waals surface area contributed by atoms with Crippen LogP contribution in [0.1, 0.15) is 12.5 Å². The molecule has 0 saturated carbocycles. The number of aliphatic hydroxyl groups excluding tert-OH is 1. The molecular formula is C16H26N2O2. The van der Waals surface area contributed by atoms with Crippen molar-refractivity contribution in [3.05, 3.63) is 29.8 Å². The van der Waals surface area contributed by atoms with Crippen LogP contribution in [0.4, 0.5) is 0 Å². The quantitative estimate of drug-likeness (QED) is 0.849. The van der Waals surface area contributed by atoms with E-state index in [4.69, 9.17) is 9.84 Å². The summed E-state index contributed by atoms with van der Waals surface area (Å²) in [5.41, 5.74) is 1.36. The number of benzene rings is 1. The predicted octanol–water partition coefficient (Wildman–Crippen LogP) is 1.24. The topological polar surface area (TPSA) is 35.9 Å². The highest BCUT2D eigenvalue weighted by molar-refractivity contribution is 5.27. The summed E-state index contributed by atoms with van der Waals surface area (Å²) in [6.07, 6.45) is 1.07. The van der Waals surface area contributed by atoms with E-state index in [1.165, 1.54) is 5.56 Å². The van der Waals surface area contributed by atoms with Gasteiger partial charge in [-0.3, -0.25) is 9.80 Å². The molecule has 0 aromatic heterocycles. The van der Waals surface area contributed by atoms with Crippen LogP contribution in [0.2, 0.25) is 0 Å². The first-order valence-corrected chi connectivity index (χ1v) is 7.43. The Kier molecular flexibility index (Phi) is 5.83. The molecule has 1 unspecified atom stereocenters. The number of piperazine rings is 1. The minimum Gasteiger partial charge on any atom is -0.497 e. The van der Waals surface area contributed by atoms with E-state index in [1.807, 2.05) is 12.1 Å². The van der Waals surface area contributed by atoms with Gasteiger partial charge in [-0.1, -0.05) is 12.1 Å². The summed E-state index contributed by atoms with van der Waals surface area (Å²) in [5.74, 6) is 0.916. The average molecular weight is 278 g/mol. The van der Waals surface area contributed by atoms with E-state index in [2.05, 4.69) is 28.9 Å². The molecule has 1 aliphatic heterocycles. The minimum atomic E-state index is 0.265. The molecule has 0 bridgehead atoms. The standard InChI is InChI=1S/C16H26N2O2/c1-14(13-15-3-5-16(20-2)6-4-15)18-9-7-17(8-10-18)11-12-19/h3-6,14,19H,7-13H2,1-2H3. The number of rotatable bonds is 6. The smallest absolute Gasteiger partial charge is 0.118 e. The third-order valence-corrected chi connectivity index (χ3v) is 4.14. The Bertz CT molecular complexity index is 386. The van der Waals surface area contributed by atoms with Gasteiger partial charge in [0.2, 0.25) is 0 Å². The molecule has 20 heavy (non-hydrogen) atoms. The molecule has 112 valence electrons. The van der Waals surface area contributed by atoms with E-state index < -0.39 is 0 Å². The molecule has 0 amide bonds. The van der Waals surface area contributed by atoms with Gasteiger partial charge in [-0.05, 0) is 31.0 Å². The maximum atomic E-state index is 8.97. The number of ether oxygens (including phenoxy) is 1. The largest absolute Gasteiger partial charge is 0.497 e. The lowest BCUT2D eigenvalue weighted by Crippen LogP contribution is -2.50. The number of hydrogen-bond donors (Lipinski definition) is 1. The second kappa shape index (κ2) is 7.62. The molecule has 0 spiro atoms. The third kappa shape index (κ3) is 4.20. The molecule has 1 N–H and O–H groups in total. The molecule has 1 heterocycles. The minimum absolute atomic E-state index is 0.265. The van der Waals surface area contributed by atoms with Crippen molar-refractivity contribution in [3.63, 3.8) is 0 Å². The number of aliphatic hydroxyl groups is 1. The summed E-state index contributed by atoms with van der Waals surface area (Å²) in [6, 6.07) is 8.91. The molecule has 1 atom stereocenters. The Hall–Kier alpha value is -1.10. The highest BCUT2D eigenvalue weighted by Gasteiger charge is 2.20. The van der Waals surface area contributed by atoms with Crippen LogP contribution in [0, 0.1) is 0 Å². The summed E-state index contributed by atoms with van der Waals surface area (Å²) in [6.45, 7) is 7.68. The lowest BCUT2D eigenvalue weighted by atomic mass is 10.1. The van der Waals surface area contributed by atoms with E-state index in [0.29, 0.717) is 6.04 Å². The van der Waals surface area contributed by atoms with Crippen molar-refractivity contribution in [2.45, 2.75) is 19.4 Å². The number of β-amino-alcohol motifs (C(OH)–C–C–N with tert-alkyl or cyclic N) is 1. The molecule has 1 aromatic carbocycles. The van der Waals surface area contributed by atoms with E-state index in [0.717, 1.165) is 44.9 Å². The summed E-state index contributed by atoms with van der Waals surface area (Å²) >= 11 is 0. The molecule has 0 radical (unpaired) electrons. The summed E-state index contributed by atoms with van der Waals surface area (Å²) in [5, 5.41) is 8.97. The second-order valence-electron chi connectivity index (χ2n) is 5.50. The van der Waals surface area contributed by atoms with Crippen LogP contribution < -0.4 is 4.74 Å². The van der Waals surface area contributed by atoms with Gasteiger partial charge in [0.1, 0.15) is 5.75 Å². The molecule has 0 aliphatic carbocycles. The molecule has 1 fully saturated rings. The Labute approximate surface area is 122 Å². The molecule has 4 heteroatoms. The van der Waals surface area contributed by atoms with Gasteiger partial charge in [-0.2, -0.15) is 0 Å². The Balaban J connectivity index is 1.81. The molecular weight excluding hydrogens is 252 g/mol. The van der Waals surface area contributed by atoms with E-state index in [9.17, 15) is 0 Å². The van der Waals surface area contributed by atoms with Crippen LogP contribution in [-0.2, 0) is 6.42 Å². The Morgan fingerprint density at radius 3 is 2.35 bits per heavy atom. The predicted molar refractivity (Wildman–Crippen MR) is 81.3 cm³/mol. The van der Waals surface area contributed by atoms with Crippen molar-refractivity contribution >= 4 is 0 Å². The van der Waals surface area contributed by atoms with E-state index >= 15 is 0 Å². The third-order valence-electron chi connectivity index (χ3n) is 4.14. The molecule has 1 aliphatic rings. The Morgan fingerprint density at radius 1 is 1.15 bits per heavy atom. The van der Waals surface area contributed by atoms with Crippen molar-refractivity contribution in [1.29, 1.82) is 0 Å². The summed E-state index contributed by atoms with van der Waals surface area (Å²) in [4.78, 5) is 4.87. The van der Waals surface area contributed by atoms with Crippen LogP contribution in [0.15, 0.2) is 24.3 Å². The SMILES string of the molecule is COc1ccc(CC(C)N2CCN(CCO)CC2)cc1. The average Bonchev–Trinajstić information content (AvgIpc) is 2.49. The van der Waals surface area contributed by atoms with Gasteiger partial charge in [0, 0.05) is 38.8 Å². The van der Waals surface area contributed by atoms with E-state index in [-0.39, 0.29) is 6.61 Å². The molecule has 2 rings (SSSR count). The first-order chi connectivity index (χ1) is 9.72. The zero-order valence-corrected chi connectivity index (χ0v) is 12.6. The second-order valence-corrected chi connectivity index (χ2v) is 5.50. The fourth-order valence-corrected chi connectivity index (χ4v) is 2.80. The summed E-state index contributed by atoms with van der Waals surface area (Å²) in [7, 11) is 1.70. The zero-order valence-electron chi connectivity index (χ0n) is 12.6. The van der Waals surface area contributed by atoms with Crippen LogP contribution in [0.25, 0.3) is 0 Å². The van der Waals surface area contributed by atoms with Crippen LogP contribution in [0.5, 0.6) is 5.75 Å². The maximum Gasteiger partial charge on any atom is 0.118 e. The highest BCUT2D eigenvalue weighted by atomic mass is 16.5. The van der Waals surface area contributed by atoms with Gasteiger partial charge in [0.05, 0.1) is 13.7 Å². The maximum absolute atomic E-state index is 8.97. The van der Waals surface area contributed by atoms with Crippen LogP contribution in [-0.4, -0.2) is 67.4 Å². The summed E-state index contributed by atoms with van der Waals surface area (Å²) < 4.78 is 5.19.